The van der Waals surface area contributed by atoms with Crippen molar-refractivity contribution in [1.29, 1.82) is 0 Å². The van der Waals surface area contributed by atoms with E-state index in [-0.39, 0.29) is 0 Å². The number of para-hydroxylation sites is 3. The smallest absolute Gasteiger partial charge is 0.145 e. The maximum atomic E-state index is 5.24. The summed E-state index contributed by atoms with van der Waals surface area (Å²) in [4.78, 5) is 12.5. The van der Waals surface area contributed by atoms with Crippen LogP contribution in [0.5, 0.6) is 0 Å². The third kappa shape index (κ3) is 4.15. The lowest BCUT2D eigenvalue weighted by Gasteiger charge is -2.33. The van der Waals surface area contributed by atoms with Gasteiger partial charge in [-0.15, -0.1) is 0 Å². The van der Waals surface area contributed by atoms with Crippen LogP contribution in [0.15, 0.2) is 182 Å². The predicted octanol–water partition coefficient (Wildman–Crippen LogP) is 12.7. The van der Waals surface area contributed by atoms with Gasteiger partial charge in [-0.3, -0.25) is 9.55 Å². The van der Waals surface area contributed by atoms with E-state index >= 15 is 0 Å². The summed E-state index contributed by atoms with van der Waals surface area (Å²) in [6.07, 6.45) is 1.89. The Hall–Kier alpha value is -7.04. The van der Waals surface area contributed by atoms with E-state index in [4.69, 9.17) is 9.97 Å². The first-order valence-corrected chi connectivity index (χ1v) is 17.7. The van der Waals surface area contributed by atoms with Gasteiger partial charge < -0.3 is 4.90 Å². The van der Waals surface area contributed by atoms with E-state index in [2.05, 4.69) is 179 Å². The minimum absolute atomic E-state index is 0.939. The first-order chi connectivity index (χ1) is 25.8. The summed E-state index contributed by atoms with van der Waals surface area (Å²) in [5, 5.41) is 5.97. The van der Waals surface area contributed by atoms with Crippen LogP contribution >= 0.6 is 0 Å². The van der Waals surface area contributed by atoms with Crippen molar-refractivity contribution in [3.8, 4) is 39.3 Å². The fourth-order valence-electron chi connectivity index (χ4n) is 8.37. The van der Waals surface area contributed by atoms with E-state index in [9.17, 15) is 0 Å². The highest BCUT2D eigenvalue weighted by Crippen LogP contribution is 2.51. The monoisotopic (exact) mass is 662 g/mol. The molecule has 0 saturated carbocycles. The van der Waals surface area contributed by atoms with Gasteiger partial charge in [0.15, 0.2) is 0 Å². The van der Waals surface area contributed by atoms with Crippen molar-refractivity contribution in [3.05, 3.63) is 182 Å². The number of rotatable bonds is 4. The molecule has 2 aromatic heterocycles. The topological polar surface area (TPSA) is 34.0 Å². The number of hydrogen-bond acceptors (Lipinski definition) is 3. The molecule has 11 rings (SSSR count). The van der Waals surface area contributed by atoms with E-state index in [0.717, 1.165) is 67.2 Å². The number of aromatic nitrogens is 3. The van der Waals surface area contributed by atoms with Crippen molar-refractivity contribution < 1.29 is 0 Å². The molecule has 1 aliphatic heterocycles. The number of anilines is 3. The minimum atomic E-state index is 0.939. The van der Waals surface area contributed by atoms with Crippen molar-refractivity contribution in [2.75, 3.05) is 4.90 Å². The highest BCUT2D eigenvalue weighted by Gasteiger charge is 2.30. The van der Waals surface area contributed by atoms with Crippen LogP contribution in [0.2, 0.25) is 0 Å². The molecule has 0 unspecified atom stereocenters. The van der Waals surface area contributed by atoms with E-state index in [1.54, 1.807) is 0 Å². The van der Waals surface area contributed by atoms with Crippen molar-refractivity contribution in [2.24, 2.45) is 0 Å². The Morgan fingerprint density at radius 3 is 1.85 bits per heavy atom. The molecule has 4 nitrogen and oxygen atoms in total. The van der Waals surface area contributed by atoms with Crippen LogP contribution in [0.1, 0.15) is 0 Å². The van der Waals surface area contributed by atoms with Gasteiger partial charge in [0.1, 0.15) is 5.82 Å². The fraction of sp³-hybridized carbons (Fsp3) is 0. The molecule has 0 radical (unpaired) electrons. The molecule has 4 heteroatoms. The van der Waals surface area contributed by atoms with Crippen molar-refractivity contribution in [2.45, 2.75) is 0 Å². The lowest BCUT2D eigenvalue weighted by atomic mass is 9.85. The third-order valence-corrected chi connectivity index (χ3v) is 10.5. The number of fused-ring (bicyclic) bond motifs is 5. The number of imidazole rings is 1. The summed E-state index contributed by atoms with van der Waals surface area (Å²) in [6, 6.07) is 63.0. The summed E-state index contributed by atoms with van der Waals surface area (Å²) < 4.78 is 2.35. The van der Waals surface area contributed by atoms with Crippen molar-refractivity contribution in [1.82, 2.24) is 14.5 Å². The SMILES string of the molecule is c1ccc(-c2nc3cccc4c3n2-c2ccc(-c3c5ccccc5c(-c5cccc6cccnc56)c5ccccc35)cc2N4c2ccccc2)cc1. The van der Waals surface area contributed by atoms with Crippen molar-refractivity contribution >= 4 is 60.5 Å². The Morgan fingerprint density at radius 2 is 1.10 bits per heavy atom. The molecule has 52 heavy (non-hydrogen) atoms. The van der Waals surface area contributed by atoms with Crippen LogP contribution in [0.3, 0.4) is 0 Å². The average molecular weight is 663 g/mol. The Bertz CT molecular complexity index is 2960. The molecule has 0 bridgehead atoms. The van der Waals surface area contributed by atoms with E-state index in [1.165, 1.54) is 32.7 Å². The molecule has 0 amide bonds. The van der Waals surface area contributed by atoms with Gasteiger partial charge in [-0.05, 0) is 80.7 Å². The summed E-state index contributed by atoms with van der Waals surface area (Å²) in [5.41, 5.74) is 13.3. The van der Waals surface area contributed by atoms with Crippen LogP contribution in [0.4, 0.5) is 17.1 Å². The maximum absolute atomic E-state index is 5.24. The summed E-state index contributed by atoms with van der Waals surface area (Å²) >= 11 is 0. The molecular formula is C48H30N4. The zero-order valence-electron chi connectivity index (χ0n) is 28.1. The van der Waals surface area contributed by atoms with Gasteiger partial charge in [-0.1, -0.05) is 133 Å². The zero-order chi connectivity index (χ0) is 34.2. The maximum Gasteiger partial charge on any atom is 0.145 e. The first-order valence-electron chi connectivity index (χ1n) is 17.7. The zero-order valence-corrected chi connectivity index (χ0v) is 28.1. The molecule has 0 saturated heterocycles. The van der Waals surface area contributed by atoms with Crippen LogP contribution in [-0.2, 0) is 0 Å². The second-order valence-corrected chi connectivity index (χ2v) is 13.4. The summed E-state index contributed by atoms with van der Waals surface area (Å²) in [7, 11) is 0. The first kappa shape index (κ1) is 28.8. The standard InChI is InChI=1S/C48H30N4/c1-3-14-32(15-4-1)48-50-40-25-12-26-42-47(40)52(48)41-28-27-33(30-43(41)51(42)34-18-5-2-6-19-34)44-35-20-7-9-22-37(35)45(38-23-10-8-21-36(38)44)39-24-11-16-31-17-13-29-49-46(31)39/h1-30H. The van der Waals surface area contributed by atoms with E-state index in [0.29, 0.717) is 0 Å². The molecule has 0 atom stereocenters. The van der Waals surface area contributed by atoms with Crippen molar-refractivity contribution in [3.63, 3.8) is 0 Å². The molecule has 1 aliphatic rings. The van der Waals surface area contributed by atoms with Gasteiger partial charge in [-0.2, -0.15) is 0 Å². The van der Waals surface area contributed by atoms with E-state index < -0.39 is 0 Å². The van der Waals surface area contributed by atoms with Crippen LogP contribution in [0.25, 0.3) is 82.8 Å². The van der Waals surface area contributed by atoms with E-state index in [1.807, 2.05) is 12.3 Å². The van der Waals surface area contributed by atoms with Gasteiger partial charge in [0, 0.05) is 28.4 Å². The molecule has 3 heterocycles. The molecule has 0 N–H and O–H groups in total. The number of benzene rings is 8. The third-order valence-electron chi connectivity index (χ3n) is 10.5. The summed E-state index contributed by atoms with van der Waals surface area (Å²) in [5.74, 6) is 0.939. The lowest BCUT2D eigenvalue weighted by Crippen LogP contribution is -2.18. The Kier molecular flexibility index (Phi) is 6.22. The van der Waals surface area contributed by atoms with Crippen LogP contribution < -0.4 is 4.90 Å². The Morgan fingerprint density at radius 1 is 0.442 bits per heavy atom. The Labute approximate surface area is 300 Å². The lowest BCUT2D eigenvalue weighted by molar-refractivity contribution is 1.06. The highest BCUT2D eigenvalue weighted by molar-refractivity contribution is 6.23. The fourth-order valence-corrected chi connectivity index (χ4v) is 8.37. The normalized spacial score (nSPS) is 12.2. The number of pyridine rings is 1. The van der Waals surface area contributed by atoms with Gasteiger partial charge in [0.05, 0.1) is 33.6 Å². The Balaban J connectivity index is 1.23. The molecule has 242 valence electrons. The predicted molar refractivity (Wildman–Crippen MR) is 216 cm³/mol. The summed E-state index contributed by atoms with van der Waals surface area (Å²) in [6.45, 7) is 0. The quantitative estimate of drug-likeness (QED) is 0.176. The van der Waals surface area contributed by atoms with Gasteiger partial charge >= 0.3 is 0 Å². The largest absolute Gasteiger partial charge is 0.306 e. The number of nitrogens with zero attached hydrogens (tertiary/aromatic N) is 4. The molecular weight excluding hydrogens is 633 g/mol. The molecule has 0 spiro atoms. The second-order valence-electron chi connectivity index (χ2n) is 13.4. The van der Waals surface area contributed by atoms with Gasteiger partial charge in [0.2, 0.25) is 0 Å². The van der Waals surface area contributed by atoms with Crippen LogP contribution in [0, 0.1) is 0 Å². The molecule has 0 aliphatic carbocycles. The highest BCUT2D eigenvalue weighted by atomic mass is 15.2. The number of hydrogen-bond donors (Lipinski definition) is 0. The molecule has 0 fully saturated rings. The van der Waals surface area contributed by atoms with Gasteiger partial charge in [-0.25, -0.2) is 4.98 Å². The minimum Gasteiger partial charge on any atom is -0.306 e. The molecule has 10 aromatic rings. The molecule has 8 aromatic carbocycles. The van der Waals surface area contributed by atoms with Gasteiger partial charge in [0.25, 0.3) is 0 Å². The average Bonchev–Trinajstić information content (AvgIpc) is 3.61. The second kappa shape index (κ2) is 11.2. The van der Waals surface area contributed by atoms with Crippen LogP contribution in [-0.4, -0.2) is 14.5 Å².